The van der Waals surface area contributed by atoms with Gasteiger partial charge in [0.05, 0.1) is 7.11 Å². The van der Waals surface area contributed by atoms with Crippen LogP contribution in [0, 0.1) is 0 Å². The highest BCUT2D eigenvalue weighted by atomic mass is 16.5. The van der Waals surface area contributed by atoms with Gasteiger partial charge in [0.25, 0.3) is 0 Å². The second-order valence-corrected chi connectivity index (χ2v) is 5.85. The molecule has 0 aliphatic carbocycles. The summed E-state index contributed by atoms with van der Waals surface area (Å²) < 4.78 is 5.08. The lowest BCUT2D eigenvalue weighted by molar-refractivity contribution is -0.117. The van der Waals surface area contributed by atoms with Crippen molar-refractivity contribution in [3.8, 4) is 5.75 Å². The van der Waals surface area contributed by atoms with Crippen LogP contribution in [0.15, 0.2) is 48.5 Å². The molecule has 0 unspecified atom stereocenters. The van der Waals surface area contributed by atoms with Crippen LogP contribution in [0.5, 0.6) is 5.75 Å². The number of carbonyl (C=O) groups is 2. The maximum atomic E-state index is 12.0. The number of methoxy groups -OCH3 is 1. The van der Waals surface area contributed by atoms with Crippen LogP contribution in [-0.4, -0.2) is 25.6 Å². The van der Waals surface area contributed by atoms with Crippen LogP contribution >= 0.6 is 0 Å². The van der Waals surface area contributed by atoms with Crippen molar-refractivity contribution in [2.24, 2.45) is 0 Å². The number of anilines is 2. The molecule has 2 N–H and O–H groups in total. The minimum absolute atomic E-state index is 0.171. The summed E-state index contributed by atoms with van der Waals surface area (Å²) >= 11 is 0. The molecule has 2 aromatic carbocycles. The van der Waals surface area contributed by atoms with E-state index in [0.29, 0.717) is 18.7 Å². The third kappa shape index (κ3) is 4.29. The van der Waals surface area contributed by atoms with E-state index >= 15 is 0 Å². The van der Waals surface area contributed by atoms with Gasteiger partial charge >= 0.3 is 6.03 Å². The zero-order valence-electron chi connectivity index (χ0n) is 14.1. The predicted molar refractivity (Wildman–Crippen MR) is 96.9 cm³/mol. The van der Waals surface area contributed by atoms with E-state index < -0.39 is 0 Å². The molecule has 1 aliphatic rings. The van der Waals surface area contributed by atoms with Crippen molar-refractivity contribution >= 4 is 23.3 Å². The van der Waals surface area contributed by atoms with Crippen molar-refractivity contribution in [2.75, 3.05) is 23.9 Å². The van der Waals surface area contributed by atoms with Crippen molar-refractivity contribution in [1.29, 1.82) is 0 Å². The van der Waals surface area contributed by atoms with E-state index in [9.17, 15) is 9.59 Å². The Labute approximate surface area is 146 Å². The molecule has 1 saturated heterocycles. The fourth-order valence-corrected chi connectivity index (χ4v) is 2.75. The molecular weight excluding hydrogens is 318 g/mol. The van der Waals surface area contributed by atoms with Crippen molar-refractivity contribution < 1.29 is 14.3 Å². The number of nitrogens with zero attached hydrogens (tertiary/aromatic N) is 1. The van der Waals surface area contributed by atoms with Gasteiger partial charge in [-0.05, 0) is 48.4 Å². The van der Waals surface area contributed by atoms with Crippen LogP contribution in [-0.2, 0) is 11.3 Å². The molecule has 1 aliphatic heterocycles. The van der Waals surface area contributed by atoms with Gasteiger partial charge in [0.15, 0.2) is 0 Å². The van der Waals surface area contributed by atoms with Crippen LogP contribution in [0.1, 0.15) is 18.4 Å². The Kier molecular flexibility index (Phi) is 5.18. The van der Waals surface area contributed by atoms with Crippen molar-refractivity contribution in [1.82, 2.24) is 5.32 Å². The Bertz CT molecular complexity index is 742. The van der Waals surface area contributed by atoms with Crippen LogP contribution in [0.3, 0.4) is 0 Å². The minimum atomic E-state index is -0.274. The van der Waals surface area contributed by atoms with Crippen LogP contribution in [0.2, 0.25) is 0 Å². The number of hydrogen-bond acceptors (Lipinski definition) is 3. The summed E-state index contributed by atoms with van der Waals surface area (Å²) in [6.45, 7) is 1.19. The van der Waals surface area contributed by atoms with Crippen LogP contribution < -0.4 is 20.3 Å². The average Bonchev–Trinajstić information content (AvgIpc) is 3.07. The van der Waals surface area contributed by atoms with Gasteiger partial charge in [-0.15, -0.1) is 0 Å². The maximum absolute atomic E-state index is 12.0. The summed E-state index contributed by atoms with van der Waals surface area (Å²) in [5.41, 5.74) is 2.58. The number of urea groups is 1. The number of benzene rings is 2. The standard InChI is InChI=1S/C19H21N3O3/c1-25-17-10-6-15(7-11-17)21-19(24)20-13-14-4-8-16(9-5-14)22-12-2-3-18(22)23/h4-11H,2-3,12-13H2,1H3,(H2,20,21,24). The molecule has 3 amide bonds. The van der Waals surface area contributed by atoms with E-state index in [4.69, 9.17) is 4.74 Å². The number of ether oxygens (including phenoxy) is 1. The lowest BCUT2D eigenvalue weighted by Crippen LogP contribution is -2.28. The van der Waals surface area contributed by atoms with Gasteiger partial charge in [-0.1, -0.05) is 12.1 Å². The lowest BCUT2D eigenvalue weighted by Gasteiger charge is -2.16. The quantitative estimate of drug-likeness (QED) is 0.879. The Morgan fingerprint density at radius 2 is 1.84 bits per heavy atom. The highest BCUT2D eigenvalue weighted by Crippen LogP contribution is 2.21. The maximum Gasteiger partial charge on any atom is 0.319 e. The van der Waals surface area contributed by atoms with Gasteiger partial charge in [0.1, 0.15) is 5.75 Å². The fourth-order valence-electron chi connectivity index (χ4n) is 2.75. The topological polar surface area (TPSA) is 70.7 Å². The van der Waals surface area contributed by atoms with Gasteiger partial charge in [-0.25, -0.2) is 4.79 Å². The second kappa shape index (κ2) is 7.70. The van der Waals surface area contributed by atoms with Gasteiger partial charge < -0.3 is 20.3 Å². The molecule has 0 radical (unpaired) electrons. The fraction of sp³-hybridized carbons (Fsp3) is 0.263. The molecule has 0 spiro atoms. The summed E-state index contributed by atoms with van der Waals surface area (Å²) in [6.07, 6.45) is 1.53. The first-order valence-corrected chi connectivity index (χ1v) is 8.24. The lowest BCUT2D eigenvalue weighted by atomic mass is 10.2. The zero-order valence-corrected chi connectivity index (χ0v) is 14.1. The largest absolute Gasteiger partial charge is 0.497 e. The van der Waals surface area contributed by atoms with Gasteiger partial charge in [0, 0.05) is 30.9 Å². The Morgan fingerprint density at radius 1 is 1.12 bits per heavy atom. The van der Waals surface area contributed by atoms with Gasteiger partial charge in [0.2, 0.25) is 5.91 Å². The third-order valence-electron chi connectivity index (χ3n) is 4.12. The van der Waals surface area contributed by atoms with Crippen LogP contribution in [0.4, 0.5) is 16.2 Å². The normalized spacial score (nSPS) is 13.6. The molecule has 0 aromatic heterocycles. The van der Waals surface area contributed by atoms with E-state index in [1.807, 2.05) is 24.3 Å². The Hall–Kier alpha value is -3.02. The number of carbonyl (C=O) groups excluding carboxylic acids is 2. The Morgan fingerprint density at radius 3 is 2.44 bits per heavy atom. The first-order chi connectivity index (χ1) is 12.2. The number of amides is 3. The molecule has 0 saturated carbocycles. The zero-order chi connectivity index (χ0) is 17.6. The molecule has 0 bridgehead atoms. The van der Waals surface area contributed by atoms with E-state index in [0.717, 1.165) is 30.0 Å². The van der Waals surface area contributed by atoms with E-state index in [1.54, 1.807) is 36.3 Å². The molecule has 130 valence electrons. The molecule has 6 heteroatoms. The van der Waals surface area contributed by atoms with E-state index in [2.05, 4.69) is 10.6 Å². The third-order valence-corrected chi connectivity index (χ3v) is 4.12. The molecule has 6 nitrogen and oxygen atoms in total. The smallest absolute Gasteiger partial charge is 0.319 e. The number of rotatable bonds is 5. The van der Waals surface area contributed by atoms with E-state index in [-0.39, 0.29) is 11.9 Å². The minimum Gasteiger partial charge on any atom is -0.497 e. The molecule has 2 aromatic rings. The van der Waals surface area contributed by atoms with Crippen molar-refractivity contribution in [3.63, 3.8) is 0 Å². The predicted octanol–water partition coefficient (Wildman–Crippen LogP) is 3.14. The number of hydrogen-bond donors (Lipinski definition) is 2. The van der Waals surface area contributed by atoms with Crippen LogP contribution in [0.25, 0.3) is 0 Å². The summed E-state index contributed by atoms with van der Waals surface area (Å²) in [5, 5.41) is 5.58. The number of nitrogens with one attached hydrogen (secondary N) is 2. The second-order valence-electron chi connectivity index (χ2n) is 5.85. The highest BCUT2D eigenvalue weighted by Gasteiger charge is 2.21. The molecular formula is C19H21N3O3. The summed E-state index contributed by atoms with van der Waals surface area (Å²) in [5.74, 6) is 0.910. The first kappa shape index (κ1) is 16.8. The highest BCUT2D eigenvalue weighted by molar-refractivity contribution is 5.95. The van der Waals surface area contributed by atoms with Gasteiger partial charge in [-0.3, -0.25) is 4.79 Å². The monoisotopic (exact) mass is 339 g/mol. The molecule has 25 heavy (non-hydrogen) atoms. The average molecular weight is 339 g/mol. The van der Waals surface area contributed by atoms with Gasteiger partial charge in [-0.2, -0.15) is 0 Å². The van der Waals surface area contributed by atoms with Crippen molar-refractivity contribution in [2.45, 2.75) is 19.4 Å². The van der Waals surface area contributed by atoms with E-state index in [1.165, 1.54) is 0 Å². The summed E-state index contributed by atoms with van der Waals surface area (Å²) in [4.78, 5) is 25.5. The SMILES string of the molecule is COc1ccc(NC(=O)NCc2ccc(N3CCCC3=O)cc2)cc1. The molecule has 3 rings (SSSR count). The Balaban J connectivity index is 1.50. The summed E-state index contributed by atoms with van der Waals surface area (Å²) in [6, 6.07) is 14.5. The summed E-state index contributed by atoms with van der Waals surface area (Å²) in [7, 11) is 1.60. The first-order valence-electron chi connectivity index (χ1n) is 8.24. The van der Waals surface area contributed by atoms with Crippen molar-refractivity contribution in [3.05, 3.63) is 54.1 Å². The molecule has 1 heterocycles. The molecule has 0 atom stereocenters. The molecule has 1 fully saturated rings.